The Bertz CT molecular complexity index is 931. The molecule has 0 atom stereocenters. The van der Waals surface area contributed by atoms with Gasteiger partial charge >= 0.3 is 0 Å². The maximum Gasteiger partial charge on any atom is 0.291 e. The standard InChI is InChI=1S/C21H19ClN2O3/c22-16-7-5-15(6-8-16)19-9-10-20(27-19)21(25)23-17-3-1-2-4-18(17)24-11-13-26-14-12-24/h1-10H,11-14H2,(H,23,25). The summed E-state index contributed by atoms with van der Waals surface area (Å²) in [5.41, 5.74) is 2.61. The highest BCUT2D eigenvalue weighted by molar-refractivity contribution is 6.30. The second kappa shape index (κ2) is 7.86. The Morgan fingerprint density at radius 2 is 1.70 bits per heavy atom. The molecule has 1 N–H and O–H groups in total. The molecule has 0 bridgehead atoms. The van der Waals surface area contributed by atoms with E-state index in [1.54, 1.807) is 24.3 Å². The number of anilines is 2. The number of halogens is 1. The molecule has 0 aliphatic carbocycles. The summed E-state index contributed by atoms with van der Waals surface area (Å²) in [4.78, 5) is 14.9. The first kappa shape index (κ1) is 17.6. The first-order valence-electron chi connectivity index (χ1n) is 8.79. The van der Waals surface area contributed by atoms with Crippen molar-refractivity contribution in [3.05, 3.63) is 71.4 Å². The minimum Gasteiger partial charge on any atom is -0.451 e. The largest absolute Gasteiger partial charge is 0.451 e. The third kappa shape index (κ3) is 3.99. The number of benzene rings is 2. The summed E-state index contributed by atoms with van der Waals surface area (Å²) < 4.78 is 11.2. The topological polar surface area (TPSA) is 54.7 Å². The van der Waals surface area contributed by atoms with E-state index < -0.39 is 0 Å². The summed E-state index contributed by atoms with van der Waals surface area (Å²) in [7, 11) is 0. The van der Waals surface area contributed by atoms with E-state index in [-0.39, 0.29) is 11.7 Å². The molecule has 1 saturated heterocycles. The number of morpholine rings is 1. The van der Waals surface area contributed by atoms with Gasteiger partial charge in [-0.25, -0.2) is 0 Å². The van der Waals surface area contributed by atoms with Crippen molar-refractivity contribution in [2.45, 2.75) is 0 Å². The number of furan rings is 1. The highest BCUT2D eigenvalue weighted by atomic mass is 35.5. The fourth-order valence-corrected chi connectivity index (χ4v) is 3.20. The zero-order valence-corrected chi connectivity index (χ0v) is 15.4. The number of rotatable bonds is 4. The van der Waals surface area contributed by atoms with Gasteiger partial charge in [0.05, 0.1) is 24.6 Å². The lowest BCUT2D eigenvalue weighted by Gasteiger charge is -2.30. The number of amides is 1. The molecule has 0 saturated carbocycles. The first-order chi connectivity index (χ1) is 13.2. The van der Waals surface area contributed by atoms with Crippen molar-refractivity contribution >= 4 is 28.9 Å². The molecule has 1 aliphatic heterocycles. The van der Waals surface area contributed by atoms with Crippen LogP contribution in [-0.2, 0) is 4.74 Å². The van der Waals surface area contributed by atoms with Crippen LogP contribution in [0.2, 0.25) is 5.02 Å². The monoisotopic (exact) mass is 382 g/mol. The number of para-hydroxylation sites is 2. The number of carbonyl (C=O) groups is 1. The lowest BCUT2D eigenvalue weighted by atomic mass is 10.2. The summed E-state index contributed by atoms with van der Waals surface area (Å²) in [6.07, 6.45) is 0. The molecule has 2 aromatic carbocycles. The normalized spacial score (nSPS) is 14.2. The van der Waals surface area contributed by atoms with Crippen LogP contribution in [-0.4, -0.2) is 32.2 Å². The minimum atomic E-state index is -0.282. The smallest absolute Gasteiger partial charge is 0.291 e. The molecule has 4 rings (SSSR count). The van der Waals surface area contributed by atoms with E-state index in [2.05, 4.69) is 10.2 Å². The maximum atomic E-state index is 12.7. The molecule has 1 fully saturated rings. The summed E-state index contributed by atoms with van der Waals surface area (Å²) in [6, 6.07) is 18.5. The highest BCUT2D eigenvalue weighted by Gasteiger charge is 2.18. The number of hydrogen-bond donors (Lipinski definition) is 1. The molecule has 1 aliphatic rings. The van der Waals surface area contributed by atoms with Gasteiger partial charge in [-0.2, -0.15) is 0 Å². The molecule has 1 amide bonds. The first-order valence-corrected chi connectivity index (χ1v) is 9.17. The Balaban J connectivity index is 1.52. The quantitative estimate of drug-likeness (QED) is 0.711. The molecular formula is C21H19ClN2O3. The Morgan fingerprint density at radius 3 is 2.48 bits per heavy atom. The average molecular weight is 383 g/mol. The van der Waals surface area contributed by atoms with Crippen molar-refractivity contribution in [3.8, 4) is 11.3 Å². The van der Waals surface area contributed by atoms with Gasteiger partial charge in [0.1, 0.15) is 5.76 Å². The van der Waals surface area contributed by atoms with Gasteiger partial charge in [-0.1, -0.05) is 23.7 Å². The van der Waals surface area contributed by atoms with Gasteiger partial charge in [-0.3, -0.25) is 4.79 Å². The van der Waals surface area contributed by atoms with Gasteiger partial charge in [0.25, 0.3) is 5.91 Å². The number of hydrogen-bond acceptors (Lipinski definition) is 4. The Labute approximate surface area is 162 Å². The van der Waals surface area contributed by atoms with Gasteiger partial charge < -0.3 is 19.4 Å². The van der Waals surface area contributed by atoms with Crippen LogP contribution >= 0.6 is 11.6 Å². The number of ether oxygens (including phenoxy) is 1. The van der Waals surface area contributed by atoms with Gasteiger partial charge in [0.2, 0.25) is 0 Å². The molecule has 3 aromatic rings. The minimum absolute atomic E-state index is 0.261. The predicted octanol–water partition coefficient (Wildman–Crippen LogP) is 4.69. The van der Waals surface area contributed by atoms with Crippen molar-refractivity contribution in [1.82, 2.24) is 0 Å². The van der Waals surface area contributed by atoms with Gasteiger partial charge in [0.15, 0.2) is 5.76 Å². The lowest BCUT2D eigenvalue weighted by Crippen LogP contribution is -2.36. The van der Waals surface area contributed by atoms with Crippen molar-refractivity contribution in [2.24, 2.45) is 0 Å². The Hall–Kier alpha value is -2.76. The molecule has 5 nitrogen and oxygen atoms in total. The van der Waals surface area contributed by atoms with E-state index in [0.717, 1.165) is 30.0 Å². The van der Waals surface area contributed by atoms with Crippen LogP contribution in [0, 0.1) is 0 Å². The second-order valence-electron chi connectivity index (χ2n) is 6.24. The summed E-state index contributed by atoms with van der Waals surface area (Å²) in [5, 5.41) is 3.62. The van der Waals surface area contributed by atoms with Crippen LogP contribution in [0.1, 0.15) is 10.6 Å². The highest BCUT2D eigenvalue weighted by Crippen LogP contribution is 2.28. The molecule has 1 aromatic heterocycles. The summed E-state index contributed by atoms with van der Waals surface area (Å²) in [6.45, 7) is 2.97. The van der Waals surface area contributed by atoms with Crippen LogP contribution in [0.3, 0.4) is 0 Å². The van der Waals surface area contributed by atoms with E-state index in [1.807, 2.05) is 36.4 Å². The Morgan fingerprint density at radius 1 is 0.963 bits per heavy atom. The molecule has 138 valence electrons. The van der Waals surface area contributed by atoms with Crippen LogP contribution in [0.15, 0.2) is 65.1 Å². The molecule has 0 spiro atoms. The van der Waals surface area contributed by atoms with Gasteiger partial charge in [-0.15, -0.1) is 0 Å². The van der Waals surface area contributed by atoms with Gasteiger partial charge in [-0.05, 0) is 48.5 Å². The second-order valence-corrected chi connectivity index (χ2v) is 6.68. The third-order valence-electron chi connectivity index (χ3n) is 4.46. The summed E-state index contributed by atoms with van der Waals surface area (Å²) in [5.74, 6) is 0.603. The molecule has 0 unspecified atom stereocenters. The van der Waals surface area contributed by atoms with E-state index in [4.69, 9.17) is 20.8 Å². The van der Waals surface area contributed by atoms with Crippen LogP contribution < -0.4 is 10.2 Å². The van der Waals surface area contributed by atoms with E-state index in [1.165, 1.54) is 0 Å². The van der Waals surface area contributed by atoms with E-state index >= 15 is 0 Å². The van der Waals surface area contributed by atoms with Crippen LogP contribution in [0.4, 0.5) is 11.4 Å². The van der Waals surface area contributed by atoms with Crippen LogP contribution in [0.25, 0.3) is 11.3 Å². The zero-order valence-electron chi connectivity index (χ0n) is 14.7. The predicted molar refractivity (Wildman–Crippen MR) is 107 cm³/mol. The summed E-state index contributed by atoms with van der Waals surface area (Å²) >= 11 is 5.92. The van der Waals surface area contributed by atoms with Crippen LogP contribution in [0.5, 0.6) is 0 Å². The molecule has 0 radical (unpaired) electrons. The lowest BCUT2D eigenvalue weighted by molar-refractivity contribution is 0.0997. The van der Waals surface area contributed by atoms with Crippen molar-refractivity contribution in [1.29, 1.82) is 0 Å². The average Bonchev–Trinajstić information content (AvgIpc) is 3.20. The van der Waals surface area contributed by atoms with E-state index in [9.17, 15) is 4.79 Å². The van der Waals surface area contributed by atoms with Gasteiger partial charge in [0, 0.05) is 23.7 Å². The fourth-order valence-electron chi connectivity index (χ4n) is 3.07. The number of nitrogens with one attached hydrogen (secondary N) is 1. The molecule has 27 heavy (non-hydrogen) atoms. The molecule has 6 heteroatoms. The van der Waals surface area contributed by atoms with Crippen molar-refractivity contribution in [2.75, 3.05) is 36.5 Å². The third-order valence-corrected chi connectivity index (χ3v) is 4.71. The Kier molecular flexibility index (Phi) is 5.14. The number of carbonyl (C=O) groups excluding carboxylic acids is 1. The molecular weight excluding hydrogens is 364 g/mol. The number of nitrogens with zero attached hydrogens (tertiary/aromatic N) is 1. The van der Waals surface area contributed by atoms with Crippen molar-refractivity contribution in [3.63, 3.8) is 0 Å². The molecule has 2 heterocycles. The SMILES string of the molecule is O=C(Nc1ccccc1N1CCOCC1)c1ccc(-c2ccc(Cl)cc2)o1. The van der Waals surface area contributed by atoms with Crippen molar-refractivity contribution < 1.29 is 13.9 Å². The maximum absolute atomic E-state index is 12.7. The van der Waals surface area contributed by atoms with E-state index in [0.29, 0.717) is 24.0 Å². The zero-order chi connectivity index (χ0) is 18.6. The fraction of sp³-hybridized carbons (Fsp3) is 0.190.